The zero-order valence-corrected chi connectivity index (χ0v) is 15.9. The Hall–Kier alpha value is -3.52. The number of carbonyl (C=O) groups is 2. The molecule has 2 aromatic carbocycles. The number of carbonyl (C=O) groups excluding carboxylic acids is 2. The van der Waals surface area contributed by atoms with Gasteiger partial charge in [-0.2, -0.15) is 0 Å². The van der Waals surface area contributed by atoms with Crippen molar-refractivity contribution in [2.45, 2.75) is 20.0 Å². The molecule has 1 unspecified atom stereocenters. The van der Waals surface area contributed by atoms with E-state index in [0.29, 0.717) is 22.1 Å². The second-order valence-electron chi connectivity index (χ2n) is 6.51. The molecule has 5 heteroatoms. The molecule has 1 heterocycles. The van der Waals surface area contributed by atoms with Gasteiger partial charge in [-0.15, -0.1) is 0 Å². The van der Waals surface area contributed by atoms with Crippen LogP contribution in [0.15, 0.2) is 59.0 Å². The van der Waals surface area contributed by atoms with Gasteiger partial charge in [-0.05, 0) is 24.0 Å². The summed E-state index contributed by atoms with van der Waals surface area (Å²) in [7, 11) is 1.30. The zero-order valence-electron chi connectivity index (χ0n) is 15.9. The first-order chi connectivity index (χ1) is 13.5. The van der Waals surface area contributed by atoms with Crippen LogP contribution in [-0.4, -0.2) is 25.0 Å². The average Bonchev–Trinajstić information content (AvgIpc) is 3.07. The molecule has 0 saturated carbocycles. The third kappa shape index (κ3) is 4.07. The maximum absolute atomic E-state index is 12.4. The van der Waals surface area contributed by atoms with Gasteiger partial charge >= 0.3 is 11.9 Å². The molecule has 0 bridgehead atoms. The quantitative estimate of drug-likeness (QED) is 0.378. The van der Waals surface area contributed by atoms with Crippen LogP contribution in [0.4, 0.5) is 0 Å². The Kier molecular flexibility index (Phi) is 5.81. The largest absolute Gasteiger partial charge is 0.466 e. The van der Waals surface area contributed by atoms with E-state index in [9.17, 15) is 9.59 Å². The molecule has 0 saturated heterocycles. The van der Waals surface area contributed by atoms with Gasteiger partial charge in [0.15, 0.2) is 0 Å². The van der Waals surface area contributed by atoms with Crippen LogP contribution < -0.4 is 4.74 Å². The fourth-order valence-corrected chi connectivity index (χ4v) is 2.69. The lowest BCUT2D eigenvalue weighted by atomic mass is 10.1. The molecule has 0 amide bonds. The van der Waals surface area contributed by atoms with Gasteiger partial charge in [-0.3, -0.25) is 4.79 Å². The van der Waals surface area contributed by atoms with E-state index in [2.05, 4.69) is 11.8 Å². The number of hydrogen-bond donors (Lipinski definition) is 0. The van der Waals surface area contributed by atoms with E-state index < -0.39 is 12.1 Å². The summed E-state index contributed by atoms with van der Waals surface area (Å²) in [6, 6.07) is 16.1. The summed E-state index contributed by atoms with van der Waals surface area (Å²) in [6.07, 6.45) is -0.851. The molecule has 142 valence electrons. The fourth-order valence-electron chi connectivity index (χ4n) is 2.69. The maximum Gasteiger partial charge on any atom is 0.347 e. The predicted molar refractivity (Wildman–Crippen MR) is 105 cm³/mol. The van der Waals surface area contributed by atoms with Crippen LogP contribution in [0.1, 0.15) is 29.8 Å². The molecule has 0 fully saturated rings. The van der Waals surface area contributed by atoms with Crippen LogP contribution >= 0.6 is 0 Å². The van der Waals surface area contributed by atoms with Crippen LogP contribution in [0, 0.1) is 17.8 Å². The molecule has 0 aliphatic heterocycles. The highest BCUT2D eigenvalue weighted by Gasteiger charge is 2.28. The number of esters is 1. The molecular formula is C23H20O5. The van der Waals surface area contributed by atoms with Crippen molar-refractivity contribution in [1.82, 2.24) is 0 Å². The Morgan fingerprint density at radius 1 is 1.00 bits per heavy atom. The number of rotatable bonds is 5. The van der Waals surface area contributed by atoms with Gasteiger partial charge in [-0.1, -0.05) is 56.3 Å². The highest BCUT2D eigenvalue weighted by molar-refractivity contribution is 6.09. The van der Waals surface area contributed by atoms with E-state index in [1.54, 1.807) is 30.3 Å². The maximum atomic E-state index is 12.4. The summed E-state index contributed by atoms with van der Waals surface area (Å²) in [5, 5.41) is 0.707. The molecular weight excluding hydrogens is 356 g/mol. The normalized spacial score (nSPS) is 11.6. The van der Waals surface area contributed by atoms with Gasteiger partial charge in [0, 0.05) is 16.9 Å². The van der Waals surface area contributed by atoms with Crippen LogP contribution in [0.3, 0.4) is 0 Å². The fraction of sp³-hybridized carbons (Fsp3) is 0.217. The molecule has 1 atom stereocenters. The summed E-state index contributed by atoms with van der Waals surface area (Å²) in [6.45, 7) is 3.68. The second kappa shape index (κ2) is 8.45. The Morgan fingerprint density at radius 2 is 1.68 bits per heavy atom. The van der Waals surface area contributed by atoms with E-state index in [0.717, 1.165) is 0 Å². The number of ketones is 1. The van der Waals surface area contributed by atoms with Crippen molar-refractivity contribution in [3.63, 3.8) is 0 Å². The summed E-state index contributed by atoms with van der Waals surface area (Å²) in [5.41, 5.74) is 1.48. The second-order valence-corrected chi connectivity index (χ2v) is 6.51. The Morgan fingerprint density at radius 3 is 2.36 bits per heavy atom. The highest BCUT2D eigenvalue weighted by Crippen LogP contribution is 2.32. The molecule has 0 aliphatic rings. The van der Waals surface area contributed by atoms with Gasteiger partial charge in [0.1, 0.15) is 11.1 Å². The van der Waals surface area contributed by atoms with Crippen molar-refractivity contribution in [3.8, 4) is 17.8 Å². The van der Waals surface area contributed by atoms with Crippen molar-refractivity contribution in [2.24, 2.45) is 5.92 Å². The standard InChI is InChI=1S/C23H20O5/c1-15(2)21(22(25)26-3)28-23-18(17-11-7-8-12-20(17)27-23)13-14-19(24)16-9-5-4-6-10-16/h4-12,15,21H,1-3H3. The van der Waals surface area contributed by atoms with Gasteiger partial charge in [-0.25, -0.2) is 4.79 Å². The first-order valence-corrected chi connectivity index (χ1v) is 8.88. The van der Waals surface area contributed by atoms with Crippen LogP contribution in [0.5, 0.6) is 5.95 Å². The predicted octanol–water partition coefficient (Wildman–Crippen LogP) is 4.24. The average molecular weight is 376 g/mol. The topological polar surface area (TPSA) is 65.7 Å². The van der Waals surface area contributed by atoms with Crippen molar-refractivity contribution in [3.05, 3.63) is 65.7 Å². The number of benzene rings is 2. The Bertz CT molecular complexity index is 1050. The molecule has 5 nitrogen and oxygen atoms in total. The lowest BCUT2D eigenvalue weighted by Crippen LogP contribution is -2.33. The number of ether oxygens (including phenoxy) is 2. The minimum atomic E-state index is -0.851. The van der Waals surface area contributed by atoms with Crippen molar-refractivity contribution in [1.29, 1.82) is 0 Å². The summed E-state index contributed by atoms with van der Waals surface area (Å²) in [5.74, 6) is 4.63. The molecule has 3 rings (SSSR count). The Balaban J connectivity index is 2.02. The minimum absolute atomic E-state index is 0.0960. The third-order valence-corrected chi connectivity index (χ3v) is 4.17. The van der Waals surface area contributed by atoms with Gasteiger partial charge in [0.25, 0.3) is 0 Å². The van der Waals surface area contributed by atoms with E-state index >= 15 is 0 Å². The molecule has 0 N–H and O–H groups in total. The molecule has 28 heavy (non-hydrogen) atoms. The monoisotopic (exact) mass is 376 g/mol. The first kappa shape index (κ1) is 19.2. The number of Topliss-reactive ketones (excluding diaryl/α,β-unsaturated/α-hetero) is 1. The van der Waals surface area contributed by atoms with Crippen molar-refractivity contribution < 1.29 is 23.5 Å². The number of fused-ring (bicyclic) bond motifs is 1. The van der Waals surface area contributed by atoms with Crippen LogP contribution in [0.2, 0.25) is 0 Å². The molecule has 0 spiro atoms. The number of methoxy groups -OCH3 is 1. The molecule has 1 aromatic heterocycles. The van der Waals surface area contributed by atoms with E-state index in [-0.39, 0.29) is 17.6 Å². The molecule has 0 radical (unpaired) electrons. The molecule has 0 aliphatic carbocycles. The van der Waals surface area contributed by atoms with E-state index in [1.807, 2.05) is 38.1 Å². The zero-order chi connectivity index (χ0) is 20.1. The lowest BCUT2D eigenvalue weighted by molar-refractivity contribution is -0.151. The number of furan rings is 1. The number of hydrogen-bond acceptors (Lipinski definition) is 5. The van der Waals surface area contributed by atoms with E-state index in [1.165, 1.54) is 7.11 Å². The molecule has 3 aromatic rings. The van der Waals surface area contributed by atoms with E-state index in [4.69, 9.17) is 13.9 Å². The first-order valence-electron chi connectivity index (χ1n) is 8.88. The highest BCUT2D eigenvalue weighted by atomic mass is 16.6. The minimum Gasteiger partial charge on any atom is -0.466 e. The summed E-state index contributed by atoms with van der Waals surface area (Å²) in [4.78, 5) is 24.4. The summed E-state index contributed by atoms with van der Waals surface area (Å²) < 4.78 is 16.4. The lowest BCUT2D eigenvalue weighted by Gasteiger charge is -2.18. The Labute approximate surface area is 163 Å². The SMILES string of the molecule is COC(=O)C(Oc1oc2ccccc2c1C#CC(=O)c1ccccc1)C(C)C. The van der Waals surface area contributed by atoms with Gasteiger partial charge in [0.2, 0.25) is 11.9 Å². The number of para-hydroxylation sites is 1. The summed E-state index contributed by atoms with van der Waals surface area (Å²) >= 11 is 0. The van der Waals surface area contributed by atoms with Crippen molar-refractivity contribution in [2.75, 3.05) is 7.11 Å². The smallest absolute Gasteiger partial charge is 0.347 e. The van der Waals surface area contributed by atoms with Crippen LogP contribution in [-0.2, 0) is 9.53 Å². The van der Waals surface area contributed by atoms with Gasteiger partial charge in [0.05, 0.1) is 7.11 Å². The third-order valence-electron chi connectivity index (χ3n) is 4.17. The van der Waals surface area contributed by atoms with Gasteiger partial charge < -0.3 is 13.9 Å². The van der Waals surface area contributed by atoms with Crippen molar-refractivity contribution >= 4 is 22.7 Å². The van der Waals surface area contributed by atoms with Crippen LogP contribution in [0.25, 0.3) is 11.0 Å².